The van der Waals surface area contributed by atoms with Crippen LogP contribution in [-0.4, -0.2) is 73.3 Å². The van der Waals surface area contributed by atoms with Crippen LogP contribution in [0.25, 0.3) is 10.2 Å². The number of rotatable bonds is 2. The van der Waals surface area contributed by atoms with E-state index in [2.05, 4.69) is 23.1 Å². The molecule has 0 spiro atoms. The number of anilines is 1. The minimum Gasteiger partial charge on any atom is -0.378 e. The number of urea groups is 1. The van der Waals surface area contributed by atoms with Crippen molar-refractivity contribution < 1.29 is 9.53 Å². The molecule has 0 radical (unpaired) electrons. The number of piperidine rings is 1. The molecule has 1 aromatic carbocycles. The van der Waals surface area contributed by atoms with Gasteiger partial charge in [0.15, 0.2) is 5.13 Å². The molecule has 7 heteroatoms. The average molecular weight is 360 g/mol. The predicted octanol–water partition coefficient (Wildman–Crippen LogP) is 2.65. The van der Waals surface area contributed by atoms with Crippen molar-refractivity contribution in [3.8, 4) is 0 Å². The van der Waals surface area contributed by atoms with Gasteiger partial charge in [0.1, 0.15) is 0 Å². The Kier molecular flexibility index (Phi) is 4.76. The smallest absolute Gasteiger partial charge is 0.320 e. The molecule has 1 atom stereocenters. The summed E-state index contributed by atoms with van der Waals surface area (Å²) in [4.78, 5) is 23.7. The van der Waals surface area contributed by atoms with Gasteiger partial charge in [0.05, 0.1) is 29.5 Å². The Morgan fingerprint density at radius 2 is 2.08 bits per heavy atom. The number of aromatic nitrogens is 1. The van der Waals surface area contributed by atoms with Gasteiger partial charge in [-0.25, -0.2) is 9.78 Å². The Balaban J connectivity index is 1.45. The number of carbonyl (C=O) groups excluding carboxylic acids is 1. The SMILES string of the molecule is CN(C(=O)N1CCOCC1)C1CCCN(c2nc3ccccc3s2)C1. The van der Waals surface area contributed by atoms with Gasteiger partial charge in [-0.3, -0.25) is 0 Å². The second-order valence-corrected chi connectivity index (χ2v) is 7.71. The quantitative estimate of drug-likeness (QED) is 0.826. The molecule has 0 N–H and O–H groups in total. The van der Waals surface area contributed by atoms with Crippen LogP contribution in [0.15, 0.2) is 24.3 Å². The van der Waals surface area contributed by atoms with Crippen LogP contribution in [0, 0.1) is 0 Å². The molecule has 4 rings (SSSR count). The second kappa shape index (κ2) is 7.17. The van der Waals surface area contributed by atoms with E-state index in [0.717, 1.165) is 36.6 Å². The maximum absolute atomic E-state index is 12.7. The molecule has 134 valence electrons. The maximum atomic E-state index is 12.7. The minimum atomic E-state index is 0.124. The largest absolute Gasteiger partial charge is 0.378 e. The lowest BCUT2D eigenvalue weighted by Crippen LogP contribution is -2.54. The fourth-order valence-electron chi connectivity index (χ4n) is 3.57. The van der Waals surface area contributed by atoms with E-state index in [-0.39, 0.29) is 12.1 Å². The summed E-state index contributed by atoms with van der Waals surface area (Å²) < 4.78 is 6.57. The van der Waals surface area contributed by atoms with Gasteiger partial charge in [0.25, 0.3) is 0 Å². The van der Waals surface area contributed by atoms with Gasteiger partial charge in [-0.15, -0.1) is 0 Å². The van der Waals surface area contributed by atoms with Crippen molar-refractivity contribution in [1.29, 1.82) is 0 Å². The molecule has 2 aromatic rings. The number of ether oxygens (including phenoxy) is 1. The Hall–Kier alpha value is -1.86. The van der Waals surface area contributed by atoms with E-state index < -0.39 is 0 Å². The van der Waals surface area contributed by atoms with Crippen molar-refractivity contribution in [1.82, 2.24) is 14.8 Å². The van der Waals surface area contributed by atoms with Crippen molar-refractivity contribution in [2.24, 2.45) is 0 Å². The summed E-state index contributed by atoms with van der Waals surface area (Å²) >= 11 is 1.74. The standard InChI is InChI=1S/C18H24N4O2S/c1-20(18(23)21-9-11-24-12-10-21)14-5-4-8-22(13-14)17-19-15-6-2-3-7-16(15)25-17/h2-3,6-7,14H,4-5,8-13H2,1H3. The van der Waals surface area contributed by atoms with Gasteiger partial charge >= 0.3 is 6.03 Å². The number of para-hydroxylation sites is 1. The number of hydrogen-bond acceptors (Lipinski definition) is 5. The van der Waals surface area contributed by atoms with E-state index in [0.29, 0.717) is 26.3 Å². The Morgan fingerprint density at radius 1 is 1.28 bits per heavy atom. The van der Waals surface area contributed by atoms with Crippen LogP contribution < -0.4 is 4.90 Å². The van der Waals surface area contributed by atoms with E-state index in [1.807, 2.05) is 22.9 Å². The molecule has 2 fully saturated rings. The highest BCUT2D eigenvalue weighted by Gasteiger charge is 2.30. The van der Waals surface area contributed by atoms with Gasteiger partial charge in [-0.05, 0) is 25.0 Å². The maximum Gasteiger partial charge on any atom is 0.320 e. The highest BCUT2D eigenvalue weighted by atomic mass is 32.1. The third kappa shape index (κ3) is 3.43. The van der Waals surface area contributed by atoms with Gasteiger partial charge < -0.3 is 19.4 Å². The number of benzene rings is 1. The monoisotopic (exact) mass is 360 g/mol. The van der Waals surface area contributed by atoms with Crippen molar-refractivity contribution in [2.75, 3.05) is 51.3 Å². The van der Waals surface area contributed by atoms with E-state index in [1.165, 1.54) is 4.70 Å². The number of likely N-dealkylation sites (N-methyl/N-ethyl adjacent to an activating group) is 1. The number of nitrogens with zero attached hydrogens (tertiary/aromatic N) is 4. The Bertz CT molecular complexity index is 711. The van der Waals surface area contributed by atoms with Crippen molar-refractivity contribution >= 4 is 32.7 Å². The molecule has 2 aliphatic heterocycles. The average Bonchev–Trinajstić information content (AvgIpc) is 3.12. The summed E-state index contributed by atoms with van der Waals surface area (Å²) in [6.45, 7) is 4.53. The molecule has 0 bridgehead atoms. The first-order valence-electron chi connectivity index (χ1n) is 8.92. The number of fused-ring (bicyclic) bond motifs is 1. The van der Waals surface area contributed by atoms with E-state index in [1.54, 1.807) is 11.3 Å². The lowest BCUT2D eigenvalue weighted by Gasteiger charge is -2.40. The number of thiazole rings is 1. The molecular formula is C18H24N4O2S. The van der Waals surface area contributed by atoms with Crippen LogP contribution in [0.5, 0.6) is 0 Å². The molecule has 25 heavy (non-hydrogen) atoms. The number of morpholine rings is 1. The molecule has 0 saturated carbocycles. The third-order valence-electron chi connectivity index (χ3n) is 5.08. The minimum absolute atomic E-state index is 0.124. The fraction of sp³-hybridized carbons (Fsp3) is 0.556. The lowest BCUT2D eigenvalue weighted by molar-refractivity contribution is 0.0414. The normalized spacial score (nSPS) is 21.6. The molecule has 2 saturated heterocycles. The van der Waals surface area contributed by atoms with Crippen molar-refractivity contribution in [2.45, 2.75) is 18.9 Å². The molecule has 3 heterocycles. The first-order valence-corrected chi connectivity index (χ1v) is 9.74. The predicted molar refractivity (Wildman–Crippen MR) is 100 cm³/mol. The number of carbonyl (C=O) groups is 1. The summed E-state index contributed by atoms with van der Waals surface area (Å²) in [6.07, 6.45) is 2.13. The highest BCUT2D eigenvalue weighted by Crippen LogP contribution is 2.31. The van der Waals surface area contributed by atoms with E-state index in [4.69, 9.17) is 9.72 Å². The summed E-state index contributed by atoms with van der Waals surface area (Å²) in [7, 11) is 1.93. The zero-order chi connectivity index (χ0) is 17.2. The Morgan fingerprint density at radius 3 is 2.88 bits per heavy atom. The van der Waals surface area contributed by atoms with E-state index >= 15 is 0 Å². The van der Waals surface area contributed by atoms with Crippen LogP contribution in [0.3, 0.4) is 0 Å². The number of amides is 2. The molecule has 1 aromatic heterocycles. The first kappa shape index (κ1) is 16.6. The van der Waals surface area contributed by atoms with Crippen molar-refractivity contribution in [3.63, 3.8) is 0 Å². The zero-order valence-electron chi connectivity index (χ0n) is 14.6. The summed E-state index contributed by atoms with van der Waals surface area (Å²) in [5.74, 6) is 0. The van der Waals surface area contributed by atoms with Crippen LogP contribution in [0.1, 0.15) is 12.8 Å². The summed E-state index contributed by atoms with van der Waals surface area (Å²) in [5.41, 5.74) is 1.06. The summed E-state index contributed by atoms with van der Waals surface area (Å²) in [6, 6.07) is 8.62. The van der Waals surface area contributed by atoms with Gasteiger partial charge in [0.2, 0.25) is 0 Å². The van der Waals surface area contributed by atoms with Gasteiger partial charge in [0, 0.05) is 33.2 Å². The topological polar surface area (TPSA) is 48.9 Å². The van der Waals surface area contributed by atoms with Gasteiger partial charge in [-0.1, -0.05) is 23.5 Å². The fourth-order valence-corrected chi connectivity index (χ4v) is 4.57. The molecule has 2 amide bonds. The van der Waals surface area contributed by atoms with Crippen LogP contribution in [0.4, 0.5) is 9.93 Å². The number of hydrogen-bond donors (Lipinski definition) is 0. The van der Waals surface area contributed by atoms with Crippen LogP contribution in [0.2, 0.25) is 0 Å². The summed E-state index contributed by atoms with van der Waals surface area (Å²) in [5, 5.41) is 1.07. The molecule has 2 aliphatic rings. The zero-order valence-corrected chi connectivity index (χ0v) is 15.4. The highest BCUT2D eigenvalue weighted by molar-refractivity contribution is 7.22. The lowest BCUT2D eigenvalue weighted by atomic mass is 10.1. The molecule has 0 aliphatic carbocycles. The second-order valence-electron chi connectivity index (χ2n) is 6.70. The Labute approximate surface area is 152 Å². The van der Waals surface area contributed by atoms with Crippen LogP contribution in [-0.2, 0) is 4.74 Å². The van der Waals surface area contributed by atoms with Crippen LogP contribution >= 0.6 is 11.3 Å². The molecule has 1 unspecified atom stereocenters. The molecule has 6 nitrogen and oxygen atoms in total. The third-order valence-corrected chi connectivity index (χ3v) is 6.18. The first-order chi connectivity index (χ1) is 12.2. The van der Waals surface area contributed by atoms with Crippen molar-refractivity contribution in [3.05, 3.63) is 24.3 Å². The molecular weight excluding hydrogens is 336 g/mol. The van der Waals surface area contributed by atoms with Gasteiger partial charge in [-0.2, -0.15) is 0 Å². The van der Waals surface area contributed by atoms with E-state index in [9.17, 15) is 4.79 Å².